The van der Waals surface area contributed by atoms with Gasteiger partial charge in [-0.25, -0.2) is 18.0 Å². The summed E-state index contributed by atoms with van der Waals surface area (Å²) in [4.78, 5) is 32.5. The van der Waals surface area contributed by atoms with Gasteiger partial charge in [0.1, 0.15) is 11.1 Å². The minimum absolute atomic E-state index is 0.652. The minimum atomic E-state index is -4.34. The van der Waals surface area contributed by atoms with Crippen LogP contribution in [0.25, 0.3) is 0 Å². The van der Waals surface area contributed by atoms with Gasteiger partial charge in [0.2, 0.25) is 0 Å². The van der Waals surface area contributed by atoms with Crippen LogP contribution in [0.1, 0.15) is 20.7 Å². The lowest BCUT2D eigenvalue weighted by Crippen LogP contribution is -2.13. The summed E-state index contributed by atoms with van der Waals surface area (Å²) in [6, 6.07) is 1.30. The highest BCUT2D eigenvalue weighted by atomic mass is 35.7. The number of ether oxygens (including phenoxy) is 2. The second kappa shape index (κ2) is 6.06. The number of carbonyl (C=O) groups excluding carboxylic acids is 2. The van der Waals surface area contributed by atoms with E-state index in [1.54, 1.807) is 0 Å². The summed E-state index contributed by atoms with van der Waals surface area (Å²) < 4.78 is 31.3. The van der Waals surface area contributed by atoms with E-state index in [4.69, 9.17) is 10.7 Å². The maximum atomic E-state index is 11.6. The van der Waals surface area contributed by atoms with Gasteiger partial charge in [0.15, 0.2) is 0 Å². The topological polar surface area (TPSA) is 130 Å². The zero-order valence-corrected chi connectivity index (χ0v) is 12.2. The highest BCUT2D eigenvalue weighted by Gasteiger charge is 2.32. The first-order chi connectivity index (χ1) is 9.63. The van der Waals surface area contributed by atoms with Crippen LogP contribution in [0.3, 0.4) is 0 Å². The lowest BCUT2D eigenvalue weighted by atomic mass is 10.1. The molecule has 0 heterocycles. The van der Waals surface area contributed by atoms with Crippen molar-refractivity contribution < 1.29 is 32.4 Å². The van der Waals surface area contributed by atoms with Gasteiger partial charge < -0.3 is 9.47 Å². The fourth-order valence-corrected chi connectivity index (χ4v) is 2.26. The van der Waals surface area contributed by atoms with E-state index < -0.39 is 47.6 Å². The Bertz CT molecular complexity index is 690. The van der Waals surface area contributed by atoms with E-state index in [-0.39, 0.29) is 0 Å². The summed E-state index contributed by atoms with van der Waals surface area (Å²) in [5.74, 6) is -2.40. The van der Waals surface area contributed by atoms with Gasteiger partial charge >= 0.3 is 11.9 Å². The second-order valence-electron chi connectivity index (χ2n) is 3.55. The lowest BCUT2D eigenvalue weighted by Gasteiger charge is -2.07. The molecule has 0 saturated heterocycles. The third kappa shape index (κ3) is 3.47. The molecule has 0 aliphatic rings. The van der Waals surface area contributed by atoms with E-state index >= 15 is 0 Å². The van der Waals surface area contributed by atoms with Gasteiger partial charge in [-0.15, -0.1) is 0 Å². The first-order valence-corrected chi connectivity index (χ1v) is 7.38. The SMILES string of the molecule is COC(=O)c1cc(S(=O)(=O)Cl)cc(C(=O)OC)c1[N+](=O)[O-]. The number of nitro groups is 1. The Morgan fingerprint density at radius 2 is 1.52 bits per heavy atom. The van der Waals surface area contributed by atoms with E-state index in [0.29, 0.717) is 12.1 Å². The predicted octanol–water partition coefficient (Wildman–Crippen LogP) is 1.10. The van der Waals surface area contributed by atoms with Crippen molar-refractivity contribution in [2.75, 3.05) is 14.2 Å². The van der Waals surface area contributed by atoms with Gasteiger partial charge in [-0.05, 0) is 12.1 Å². The average molecular weight is 338 g/mol. The first-order valence-electron chi connectivity index (χ1n) is 5.07. The third-order valence-corrected chi connectivity index (χ3v) is 3.69. The highest BCUT2D eigenvalue weighted by Crippen LogP contribution is 2.30. The predicted molar refractivity (Wildman–Crippen MR) is 68.8 cm³/mol. The molecule has 0 N–H and O–H groups in total. The van der Waals surface area contributed by atoms with Crippen LogP contribution in [0, 0.1) is 10.1 Å². The standard InChI is InChI=1S/C10H8ClNO8S/c1-19-9(13)6-3-5(21(11,17)18)4-7(10(14)20-2)8(6)12(15)16/h3-4H,1-2H3. The summed E-state index contributed by atoms with van der Waals surface area (Å²) in [5.41, 5.74) is -2.40. The van der Waals surface area contributed by atoms with Crippen molar-refractivity contribution in [2.45, 2.75) is 4.90 Å². The normalized spacial score (nSPS) is 10.8. The Morgan fingerprint density at radius 1 is 1.14 bits per heavy atom. The van der Waals surface area contributed by atoms with Crippen molar-refractivity contribution in [3.63, 3.8) is 0 Å². The molecule has 114 valence electrons. The summed E-state index contributed by atoms with van der Waals surface area (Å²) in [5, 5.41) is 11.1. The number of carbonyl (C=O) groups is 2. The van der Waals surface area contributed by atoms with Crippen molar-refractivity contribution in [3.05, 3.63) is 33.4 Å². The van der Waals surface area contributed by atoms with E-state index in [9.17, 15) is 28.1 Å². The Morgan fingerprint density at radius 3 is 1.76 bits per heavy atom. The first kappa shape index (κ1) is 16.9. The molecule has 21 heavy (non-hydrogen) atoms. The third-order valence-electron chi connectivity index (χ3n) is 2.36. The molecule has 0 aliphatic carbocycles. The monoisotopic (exact) mass is 337 g/mol. The summed E-state index contributed by atoms with van der Waals surface area (Å²) in [7, 11) is 2.66. The molecule has 0 aliphatic heterocycles. The van der Waals surface area contributed by atoms with Gasteiger partial charge in [-0.3, -0.25) is 10.1 Å². The molecule has 0 fully saturated rings. The van der Waals surface area contributed by atoms with Crippen LogP contribution in [0.15, 0.2) is 17.0 Å². The number of hydrogen-bond donors (Lipinski definition) is 0. The van der Waals surface area contributed by atoms with Crippen molar-refractivity contribution in [1.29, 1.82) is 0 Å². The maximum Gasteiger partial charge on any atom is 0.344 e. The van der Waals surface area contributed by atoms with Gasteiger partial charge in [0.05, 0.1) is 24.0 Å². The number of benzene rings is 1. The molecule has 11 heteroatoms. The minimum Gasteiger partial charge on any atom is -0.465 e. The molecule has 1 rings (SSSR count). The summed E-state index contributed by atoms with van der Waals surface area (Å²) >= 11 is 0. The Labute approximate surface area is 123 Å². The highest BCUT2D eigenvalue weighted by molar-refractivity contribution is 8.13. The molecule has 0 radical (unpaired) electrons. The van der Waals surface area contributed by atoms with Gasteiger partial charge in [-0.2, -0.15) is 0 Å². The number of rotatable bonds is 4. The molecule has 0 saturated carbocycles. The molecule has 0 amide bonds. The van der Waals surface area contributed by atoms with Gasteiger partial charge in [0, 0.05) is 10.7 Å². The smallest absolute Gasteiger partial charge is 0.344 e. The number of nitro benzene ring substituents is 1. The van der Waals surface area contributed by atoms with E-state index in [1.165, 1.54) is 0 Å². The van der Waals surface area contributed by atoms with Crippen LogP contribution in [0.2, 0.25) is 0 Å². The number of nitrogens with zero attached hydrogens (tertiary/aromatic N) is 1. The Hall–Kier alpha value is -2.20. The maximum absolute atomic E-state index is 11.6. The van der Waals surface area contributed by atoms with Gasteiger partial charge in [-0.1, -0.05) is 0 Å². The fourth-order valence-electron chi connectivity index (χ4n) is 1.48. The molecular formula is C10H8ClNO8S. The molecule has 1 aromatic carbocycles. The number of methoxy groups -OCH3 is 2. The van der Waals surface area contributed by atoms with Crippen LogP contribution in [0.4, 0.5) is 5.69 Å². The largest absolute Gasteiger partial charge is 0.465 e. The zero-order valence-electron chi connectivity index (χ0n) is 10.7. The van der Waals surface area contributed by atoms with Crippen molar-refractivity contribution in [3.8, 4) is 0 Å². The van der Waals surface area contributed by atoms with Crippen molar-refractivity contribution >= 4 is 37.4 Å². The quantitative estimate of drug-likeness (QED) is 0.345. The molecule has 0 spiro atoms. The van der Waals surface area contributed by atoms with E-state index in [0.717, 1.165) is 14.2 Å². The van der Waals surface area contributed by atoms with E-state index in [2.05, 4.69) is 9.47 Å². The molecule has 0 unspecified atom stereocenters. The number of halogens is 1. The van der Waals surface area contributed by atoms with Gasteiger partial charge in [0.25, 0.3) is 14.7 Å². The number of esters is 2. The van der Waals surface area contributed by atoms with Crippen LogP contribution >= 0.6 is 10.7 Å². The van der Waals surface area contributed by atoms with E-state index in [1.807, 2.05) is 0 Å². The molecule has 0 bridgehead atoms. The molecule has 9 nitrogen and oxygen atoms in total. The Balaban J connectivity index is 3.87. The fraction of sp³-hybridized carbons (Fsp3) is 0.200. The molecule has 0 aromatic heterocycles. The van der Waals surface area contributed by atoms with Crippen molar-refractivity contribution in [1.82, 2.24) is 0 Å². The number of hydrogen-bond acceptors (Lipinski definition) is 8. The van der Waals surface area contributed by atoms with Crippen LogP contribution in [-0.2, 0) is 18.5 Å². The second-order valence-corrected chi connectivity index (χ2v) is 6.11. The summed E-state index contributed by atoms with van der Waals surface area (Å²) in [6.45, 7) is 0. The average Bonchev–Trinajstić information content (AvgIpc) is 2.42. The van der Waals surface area contributed by atoms with Crippen LogP contribution < -0.4 is 0 Å². The molecule has 1 aromatic rings. The molecule has 0 atom stereocenters. The summed E-state index contributed by atoms with van der Waals surface area (Å²) in [6.07, 6.45) is 0. The zero-order chi connectivity index (χ0) is 16.4. The lowest BCUT2D eigenvalue weighted by molar-refractivity contribution is -0.385. The van der Waals surface area contributed by atoms with Crippen LogP contribution in [0.5, 0.6) is 0 Å². The van der Waals surface area contributed by atoms with Crippen molar-refractivity contribution in [2.24, 2.45) is 0 Å². The Kier molecular flexibility index (Phi) is 4.86. The molecular weight excluding hydrogens is 330 g/mol. The van der Waals surface area contributed by atoms with Crippen LogP contribution in [-0.4, -0.2) is 39.5 Å².